The van der Waals surface area contributed by atoms with Gasteiger partial charge in [-0.05, 0) is 23.6 Å². The molecule has 12 heavy (non-hydrogen) atoms. The molecule has 5 heteroatoms. The van der Waals surface area contributed by atoms with Crippen molar-refractivity contribution in [2.45, 2.75) is 12.3 Å². The summed E-state index contributed by atoms with van der Waals surface area (Å²) in [6.45, 7) is 2.83. The number of nitriles is 1. The summed E-state index contributed by atoms with van der Waals surface area (Å²) < 4.78 is 20.9. The highest BCUT2D eigenvalue weighted by Crippen LogP contribution is 2.18. The average Bonchev–Trinajstić information content (AvgIpc) is 1.94. The molecule has 0 bridgehead atoms. The maximum Gasteiger partial charge on any atom is 0.0912 e. The van der Waals surface area contributed by atoms with Crippen molar-refractivity contribution < 1.29 is 8.76 Å². The fourth-order valence-corrected chi connectivity index (χ4v) is 1.43. The van der Waals surface area contributed by atoms with Crippen molar-refractivity contribution in [3.8, 4) is 6.07 Å². The van der Waals surface area contributed by atoms with Crippen LogP contribution in [0.5, 0.6) is 0 Å². The molecule has 0 saturated carbocycles. The van der Waals surface area contributed by atoms with Gasteiger partial charge in [0, 0.05) is 19.2 Å². The Hall–Kier alpha value is -0.700. The summed E-state index contributed by atoms with van der Waals surface area (Å²) in [5, 5.41) is 7.83. The fourth-order valence-electron chi connectivity index (χ4n) is 1.04. The molecule has 66 valence electrons. The number of hydrogen-bond acceptors (Lipinski definition) is 4. The van der Waals surface area contributed by atoms with Crippen LogP contribution in [0.4, 0.5) is 0 Å². The summed E-state index contributed by atoms with van der Waals surface area (Å²) in [4.78, 5) is 1.78. The van der Waals surface area contributed by atoms with E-state index in [0.29, 0.717) is 13.1 Å². The summed E-state index contributed by atoms with van der Waals surface area (Å²) in [6, 6.07) is 1.92. The number of hydrogen-bond donors (Lipinski definition) is 0. The summed E-state index contributed by atoms with van der Waals surface area (Å²) in [5.74, 6) is 0. The van der Waals surface area contributed by atoms with Gasteiger partial charge in [0.25, 0.3) is 0 Å². The third kappa shape index (κ3) is 1.91. The molecule has 2 atom stereocenters. The van der Waals surface area contributed by atoms with Gasteiger partial charge in [0.1, 0.15) is 0 Å². The van der Waals surface area contributed by atoms with Crippen molar-refractivity contribution in [1.82, 2.24) is 4.90 Å². The standard InChI is InChI=1S/C7H10N2O2S/c1-6(12(10)11)9-4-7(5-9)2-3-8/h2,6H,4-5H2,1H3,(H,10,11)/p-1. The van der Waals surface area contributed by atoms with Crippen molar-refractivity contribution in [3.05, 3.63) is 11.6 Å². The van der Waals surface area contributed by atoms with E-state index < -0.39 is 16.5 Å². The molecule has 2 unspecified atom stereocenters. The summed E-state index contributed by atoms with van der Waals surface area (Å²) >= 11 is -2.04. The van der Waals surface area contributed by atoms with Crippen molar-refractivity contribution in [1.29, 1.82) is 5.26 Å². The lowest BCUT2D eigenvalue weighted by Crippen LogP contribution is -2.47. The maximum atomic E-state index is 10.5. The zero-order chi connectivity index (χ0) is 9.14. The van der Waals surface area contributed by atoms with E-state index in [1.54, 1.807) is 11.8 Å². The van der Waals surface area contributed by atoms with Crippen LogP contribution in [-0.4, -0.2) is 32.1 Å². The van der Waals surface area contributed by atoms with Crippen LogP contribution in [-0.2, 0) is 11.1 Å². The highest BCUT2D eigenvalue weighted by molar-refractivity contribution is 7.79. The molecular formula is C7H9N2O2S-. The lowest BCUT2D eigenvalue weighted by atomic mass is 10.1. The van der Waals surface area contributed by atoms with Gasteiger partial charge in [-0.25, -0.2) is 0 Å². The Morgan fingerprint density at radius 2 is 2.42 bits per heavy atom. The van der Waals surface area contributed by atoms with Crippen LogP contribution < -0.4 is 0 Å². The first-order valence-electron chi connectivity index (χ1n) is 3.55. The molecule has 0 aliphatic carbocycles. The van der Waals surface area contributed by atoms with Crippen LogP contribution in [0.3, 0.4) is 0 Å². The van der Waals surface area contributed by atoms with Crippen LogP contribution in [0.1, 0.15) is 6.92 Å². The Bertz CT molecular complexity index is 261. The van der Waals surface area contributed by atoms with Crippen LogP contribution in [0.2, 0.25) is 0 Å². The van der Waals surface area contributed by atoms with E-state index in [0.717, 1.165) is 5.57 Å². The second-order valence-electron chi connectivity index (χ2n) is 2.70. The molecular weight excluding hydrogens is 176 g/mol. The molecule has 1 rings (SSSR count). The second kappa shape index (κ2) is 3.81. The molecule has 0 aromatic rings. The third-order valence-corrected chi connectivity index (χ3v) is 2.73. The molecule has 0 amide bonds. The second-order valence-corrected chi connectivity index (χ2v) is 3.90. The van der Waals surface area contributed by atoms with Gasteiger partial charge in [0.2, 0.25) is 0 Å². The fraction of sp³-hybridized carbons (Fsp3) is 0.571. The normalized spacial score (nSPS) is 22.2. The lowest BCUT2D eigenvalue weighted by molar-refractivity contribution is 0.231. The van der Waals surface area contributed by atoms with Crippen LogP contribution >= 0.6 is 0 Å². The smallest absolute Gasteiger partial charge is 0.0912 e. The van der Waals surface area contributed by atoms with Gasteiger partial charge in [-0.15, -0.1) is 0 Å². The first-order valence-corrected chi connectivity index (χ1v) is 4.68. The number of rotatable bonds is 2. The molecule has 1 saturated heterocycles. The van der Waals surface area contributed by atoms with Gasteiger partial charge in [0.15, 0.2) is 0 Å². The Kier molecular flexibility index (Phi) is 2.98. The van der Waals surface area contributed by atoms with Crippen LogP contribution in [0.15, 0.2) is 11.6 Å². The van der Waals surface area contributed by atoms with E-state index in [1.165, 1.54) is 6.08 Å². The molecule has 1 aliphatic heterocycles. The van der Waals surface area contributed by atoms with Crippen molar-refractivity contribution >= 4 is 11.1 Å². The van der Waals surface area contributed by atoms with E-state index in [4.69, 9.17) is 5.26 Å². The number of likely N-dealkylation sites (tertiary alicyclic amines) is 1. The predicted molar refractivity (Wildman–Crippen MR) is 43.7 cm³/mol. The van der Waals surface area contributed by atoms with Gasteiger partial charge in [0.05, 0.1) is 11.4 Å². The maximum absolute atomic E-state index is 10.5. The zero-order valence-corrected chi connectivity index (χ0v) is 7.50. The highest BCUT2D eigenvalue weighted by Gasteiger charge is 2.24. The quantitative estimate of drug-likeness (QED) is 0.448. The van der Waals surface area contributed by atoms with Gasteiger partial charge < -0.3 is 4.55 Å². The largest absolute Gasteiger partial charge is 0.771 e. The summed E-state index contributed by atoms with van der Waals surface area (Å²) in [5.41, 5.74) is 0.995. The summed E-state index contributed by atoms with van der Waals surface area (Å²) in [6.07, 6.45) is 1.47. The molecule has 0 aromatic carbocycles. The monoisotopic (exact) mass is 185 g/mol. The molecule has 0 spiro atoms. The highest BCUT2D eigenvalue weighted by atomic mass is 32.2. The van der Waals surface area contributed by atoms with Crippen LogP contribution in [0, 0.1) is 11.3 Å². The van der Waals surface area contributed by atoms with E-state index in [1.807, 2.05) is 6.07 Å². The van der Waals surface area contributed by atoms with Gasteiger partial charge in [-0.2, -0.15) is 5.26 Å². The average molecular weight is 185 g/mol. The predicted octanol–water partition coefficient (Wildman–Crippen LogP) is -0.0229. The van der Waals surface area contributed by atoms with Crippen LogP contribution in [0.25, 0.3) is 0 Å². The minimum atomic E-state index is -2.04. The molecule has 0 radical (unpaired) electrons. The van der Waals surface area contributed by atoms with Gasteiger partial charge >= 0.3 is 0 Å². The first kappa shape index (κ1) is 9.39. The zero-order valence-electron chi connectivity index (χ0n) is 6.69. The Labute approximate surface area is 73.8 Å². The molecule has 4 nitrogen and oxygen atoms in total. The van der Waals surface area contributed by atoms with E-state index in [2.05, 4.69) is 0 Å². The minimum Gasteiger partial charge on any atom is -0.771 e. The molecule has 0 aromatic heterocycles. The first-order chi connectivity index (χ1) is 5.65. The Balaban J connectivity index is 2.40. The van der Waals surface area contributed by atoms with E-state index in [-0.39, 0.29) is 0 Å². The van der Waals surface area contributed by atoms with E-state index >= 15 is 0 Å². The third-order valence-electron chi connectivity index (χ3n) is 1.87. The molecule has 1 heterocycles. The van der Waals surface area contributed by atoms with Gasteiger partial charge in [-0.1, -0.05) is 0 Å². The van der Waals surface area contributed by atoms with E-state index in [9.17, 15) is 8.76 Å². The molecule has 0 N–H and O–H groups in total. The number of allylic oxidation sites excluding steroid dienone is 1. The van der Waals surface area contributed by atoms with Gasteiger partial charge in [-0.3, -0.25) is 9.11 Å². The lowest BCUT2D eigenvalue weighted by Gasteiger charge is -2.39. The Morgan fingerprint density at radius 1 is 1.83 bits per heavy atom. The SMILES string of the molecule is CC(N1CC(=CC#N)C1)S(=O)[O-]. The Morgan fingerprint density at radius 3 is 2.83 bits per heavy atom. The van der Waals surface area contributed by atoms with Crippen molar-refractivity contribution in [3.63, 3.8) is 0 Å². The summed E-state index contributed by atoms with van der Waals surface area (Å²) in [7, 11) is 0. The number of nitrogens with zero attached hydrogens (tertiary/aromatic N) is 2. The van der Waals surface area contributed by atoms with Crippen molar-refractivity contribution in [2.75, 3.05) is 13.1 Å². The minimum absolute atomic E-state index is 0.444. The topological polar surface area (TPSA) is 67.2 Å². The molecule has 1 aliphatic rings. The molecule has 1 fully saturated rings. The van der Waals surface area contributed by atoms with Crippen molar-refractivity contribution in [2.24, 2.45) is 0 Å².